The van der Waals surface area contributed by atoms with Crippen LogP contribution in [0.4, 0.5) is 8.78 Å². The average molecular weight is 511 g/mol. The molecule has 0 bridgehead atoms. The number of hydrogen-bond donors (Lipinski definition) is 3. The van der Waals surface area contributed by atoms with E-state index in [2.05, 4.69) is 15.6 Å². The number of rotatable bonds is 8. The first-order valence-electron chi connectivity index (χ1n) is 12.7. The van der Waals surface area contributed by atoms with Crippen LogP contribution in [0, 0.1) is 17.6 Å². The Morgan fingerprint density at radius 2 is 1.65 bits per heavy atom. The van der Waals surface area contributed by atoms with E-state index in [1.165, 1.54) is 6.92 Å². The molecule has 37 heavy (non-hydrogen) atoms. The van der Waals surface area contributed by atoms with Crippen molar-refractivity contribution in [3.8, 4) is 0 Å². The Labute approximate surface area is 214 Å². The number of carbonyl (C=O) groups excluding carboxylic acids is 3. The van der Waals surface area contributed by atoms with E-state index in [0.29, 0.717) is 13.1 Å². The maximum Gasteiger partial charge on any atom is 0.245 e. The third kappa shape index (κ3) is 6.72. The second kappa shape index (κ2) is 12.0. The van der Waals surface area contributed by atoms with Crippen molar-refractivity contribution in [3.05, 3.63) is 71.4 Å². The van der Waals surface area contributed by atoms with Crippen LogP contribution in [0.15, 0.2) is 48.7 Å². The number of aromatic amines is 1. The molecule has 0 aliphatic carbocycles. The van der Waals surface area contributed by atoms with E-state index < -0.39 is 35.4 Å². The van der Waals surface area contributed by atoms with E-state index in [9.17, 15) is 23.2 Å². The topological polar surface area (TPSA) is 94.3 Å². The molecule has 2 heterocycles. The van der Waals surface area contributed by atoms with Crippen LogP contribution in [0.5, 0.6) is 0 Å². The van der Waals surface area contributed by atoms with Crippen molar-refractivity contribution in [1.29, 1.82) is 0 Å². The number of benzene rings is 2. The molecule has 196 valence electrons. The molecule has 3 N–H and O–H groups in total. The minimum absolute atomic E-state index is 0.128. The normalized spacial score (nSPS) is 15.6. The minimum atomic E-state index is -1.11. The molecule has 4 rings (SSSR count). The van der Waals surface area contributed by atoms with Crippen molar-refractivity contribution >= 4 is 28.6 Å². The third-order valence-corrected chi connectivity index (χ3v) is 6.81. The Balaban J connectivity index is 1.46. The lowest BCUT2D eigenvalue weighted by molar-refractivity contribution is -0.140. The highest BCUT2D eigenvalue weighted by Gasteiger charge is 2.31. The smallest absolute Gasteiger partial charge is 0.245 e. The molecule has 0 saturated carbocycles. The molecule has 7 nitrogen and oxygen atoms in total. The fourth-order valence-corrected chi connectivity index (χ4v) is 4.70. The fourth-order valence-electron chi connectivity index (χ4n) is 4.70. The Morgan fingerprint density at radius 3 is 2.35 bits per heavy atom. The molecule has 2 aromatic carbocycles. The van der Waals surface area contributed by atoms with Crippen LogP contribution in [0.3, 0.4) is 0 Å². The Morgan fingerprint density at radius 1 is 0.973 bits per heavy atom. The Bertz CT molecular complexity index is 1250. The number of likely N-dealkylation sites (tertiary alicyclic amines) is 1. The number of aromatic nitrogens is 1. The van der Waals surface area contributed by atoms with Crippen molar-refractivity contribution in [2.24, 2.45) is 5.92 Å². The molecule has 3 amide bonds. The molecule has 2 atom stereocenters. The summed E-state index contributed by atoms with van der Waals surface area (Å²) < 4.78 is 26.9. The van der Waals surface area contributed by atoms with Gasteiger partial charge in [0.2, 0.25) is 17.7 Å². The number of halogens is 2. The monoisotopic (exact) mass is 510 g/mol. The predicted octanol–water partition coefficient (Wildman–Crippen LogP) is 3.83. The summed E-state index contributed by atoms with van der Waals surface area (Å²) in [5.74, 6) is -3.96. The van der Waals surface area contributed by atoms with Gasteiger partial charge in [-0.3, -0.25) is 14.4 Å². The highest BCUT2D eigenvalue weighted by Crippen LogP contribution is 2.21. The molecule has 1 aliphatic heterocycles. The van der Waals surface area contributed by atoms with Crippen LogP contribution in [0.25, 0.3) is 10.9 Å². The molecule has 1 saturated heterocycles. The summed E-state index contributed by atoms with van der Waals surface area (Å²) in [6.45, 7) is 2.59. The molecule has 1 fully saturated rings. The van der Waals surface area contributed by atoms with Gasteiger partial charge in [-0.15, -0.1) is 0 Å². The van der Waals surface area contributed by atoms with Crippen LogP contribution < -0.4 is 10.6 Å². The summed E-state index contributed by atoms with van der Waals surface area (Å²) in [6, 6.07) is 9.88. The number of H-pyrrole nitrogens is 1. The quantitative estimate of drug-likeness (QED) is 0.402. The lowest BCUT2D eigenvalue weighted by Crippen LogP contribution is -2.52. The predicted molar refractivity (Wildman–Crippen MR) is 136 cm³/mol. The number of para-hydroxylation sites is 1. The van der Waals surface area contributed by atoms with Gasteiger partial charge in [-0.1, -0.05) is 31.0 Å². The zero-order valence-electron chi connectivity index (χ0n) is 20.9. The van der Waals surface area contributed by atoms with Crippen molar-refractivity contribution in [2.75, 3.05) is 13.1 Å². The van der Waals surface area contributed by atoms with Gasteiger partial charge in [0, 0.05) is 49.2 Å². The van der Waals surface area contributed by atoms with Gasteiger partial charge < -0.3 is 20.5 Å². The molecule has 9 heteroatoms. The van der Waals surface area contributed by atoms with Crippen molar-refractivity contribution in [1.82, 2.24) is 20.5 Å². The van der Waals surface area contributed by atoms with E-state index in [-0.39, 0.29) is 24.4 Å². The maximum absolute atomic E-state index is 13.5. The standard InChI is InChI=1S/C28H32F2N4O3/c1-18(26(35)32-16-19-12-21(29)15-22(30)13-19)27(36)33-25(28(37)34-10-6-2-3-7-11-34)14-20-17-31-24-9-5-4-8-23(20)24/h4-5,8-9,12-13,15,17-18,25,31H,2-3,6-7,10-11,14,16H2,1H3,(H,32,35)(H,33,36). The van der Waals surface area contributed by atoms with Crippen molar-refractivity contribution in [2.45, 2.75) is 51.6 Å². The lowest BCUT2D eigenvalue weighted by atomic mass is 10.0. The molecule has 0 radical (unpaired) electrons. The highest BCUT2D eigenvalue weighted by molar-refractivity contribution is 6.01. The van der Waals surface area contributed by atoms with E-state index in [4.69, 9.17) is 0 Å². The SMILES string of the molecule is CC(C(=O)NCc1cc(F)cc(F)c1)C(=O)NC(Cc1c[nH]c2ccccc12)C(=O)N1CCCCCC1. The van der Waals surface area contributed by atoms with Crippen molar-refractivity contribution < 1.29 is 23.2 Å². The first-order valence-corrected chi connectivity index (χ1v) is 12.7. The third-order valence-electron chi connectivity index (χ3n) is 6.81. The number of nitrogens with zero attached hydrogens (tertiary/aromatic N) is 1. The van der Waals surface area contributed by atoms with E-state index >= 15 is 0 Å². The van der Waals surface area contributed by atoms with Gasteiger partial charge in [0.25, 0.3) is 0 Å². The molecule has 0 spiro atoms. The summed E-state index contributed by atoms with van der Waals surface area (Å²) in [4.78, 5) is 44.3. The second-order valence-electron chi connectivity index (χ2n) is 9.58. The molecule has 3 aromatic rings. The van der Waals surface area contributed by atoms with Gasteiger partial charge >= 0.3 is 0 Å². The Kier molecular flexibility index (Phi) is 8.53. The van der Waals surface area contributed by atoms with Gasteiger partial charge in [-0.05, 0) is 49.1 Å². The summed E-state index contributed by atoms with van der Waals surface area (Å²) >= 11 is 0. The molecular formula is C28H32F2N4O3. The zero-order chi connectivity index (χ0) is 26.4. The summed E-state index contributed by atoms with van der Waals surface area (Å²) in [5, 5.41) is 6.33. The molecular weight excluding hydrogens is 478 g/mol. The fraction of sp³-hybridized carbons (Fsp3) is 0.393. The Hall–Kier alpha value is -3.75. The van der Waals surface area contributed by atoms with Crippen LogP contribution >= 0.6 is 0 Å². The largest absolute Gasteiger partial charge is 0.361 e. The minimum Gasteiger partial charge on any atom is -0.361 e. The van der Waals surface area contributed by atoms with Crippen LogP contribution in [-0.2, 0) is 27.3 Å². The van der Waals surface area contributed by atoms with Crippen LogP contribution in [0.1, 0.15) is 43.7 Å². The number of fused-ring (bicyclic) bond motifs is 1. The van der Waals surface area contributed by atoms with E-state index in [1.54, 1.807) is 4.90 Å². The van der Waals surface area contributed by atoms with Crippen LogP contribution in [0.2, 0.25) is 0 Å². The number of carbonyl (C=O) groups is 3. The first kappa shape index (κ1) is 26.3. The summed E-state index contributed by atoms with van der Waals surface area (Å²) in [7, 11) is 0. The van der Waals surface area contributed by atoms with Gasteiger partial charge in [-0.2, -0.15) is 0 Å². The van der Waals surface area contributed by atoms with Crippen LogP contribution in [-0.4, -0.2) is 46.7 Å². The van der Waals surface area contributed by atoms with Gasteiger partial charge in [0.1, 0.15) is 23.6 Å². The molecule has 1 aromatic heterocycles. The summed E-state index contributed by atoms with van der Waals surface area (Å²) in [5.41, 5.74) is 2.08. The van der Waals surface area contributed by atoms with Crippen molar-refractivity contribution in [3.63, 3.8) is 0 Å². The number of nitrogens with one attached hydrogen (secondary N) is 3. The van der Waals surface area contributed by atoms with Gasteiger partial charge in [-0.25, -0.2) is 8.78 Å². The second-order valence-corrected chi connectivity index (χ2v) is 9.58. The number of amides is 3. The van der Waals surface area contributed by atoms with E-state index in [1.807, 2.05) is 30.5 Å². The molecule has 2 unspecified atom stereocenters. The van der Waals surface area contributed by atoms with E-state index in [0.717, 1.165) is 60.3 Å². The number of hydrogen-bond acceptors (Lipinski definition) is 3. The molecule has 1 aliphatic rings. The van der Waals surface area contributed by atoms with Gasteiger partial charge in [0.05, 0.1) is 0 Å². The highest BCUT2D eigenvalue weighted by atomic mass is 19.1. The van der Waals surface area contributed by atoms with Gasteiger partial charge in [0.15, 0.2) is 0 Å². The average Bonchev–Trinajstić information content (AvgIpc) is 3.08. The maximum atomic E-state index is 13.5. The zero-order valence-corrected chi connectivity index (χ0v) is 20.9. The first-order chi connectivity index (χ1) is 17.8. The lowest BCUT2D eigenvalue weighted by Gasteiger charge is -2.27. The summed E-state index contributed by atoms with van der Waals surface area (Å²) in [6.07, 6.45) is 6.08.